The minimum atomic E-state index is -4.81. The van der Waals surface area contributed by atoms with Gasteiger partial charge in [-0.3, -0.25) is 9.69 Å². The fraction of sp³-hybridized carbons (Fsp3) is 0.600. The molecule has 2 saturated heterocycles. The number of halogens is 3. The van der Waals surface area contributed by atoms with Crippen LogP contribution in [0.2, 0.25) is 0 Å². The third-order valence-electron chi connectivity index (χ3n) is 6.69. The molecule has 0 saturated carbocycles. The highest BCUT2D eigenvalue weighted by Gasteiger charge is 2.53. The Labute approximate surface area is 237 Å². The standard InChI is InChI=1S/C25H32F3N5O5S2/c1-7-31(22(35)38-23(2,3)4)40(36,37)30-12-10-17(11-13-30)33-21(39)32(20(34)24(33,5)6)18-9-8-16(15-29)19(14-18)25(26,27)28/h8-9,14,17H,7,10-13H2,1-6H3. The summed E-state index contributed by atoms with van der Waals surface area (Å²) < 4.78 is 74.3. The molecule has 0 aromatic heterocycles. The van der Waals surface area contributed by atoms with E-state index in [1.807, 2.05) is 0 Å². The third kappa shape index (κ3) is 5.89. The van der Waals surface area contributed by atoms with Crippen molar-refractivity contribution in [1.29, 1.82) is 5.26 Å². The van der Waals surface area contributed by atoms with Gasteiger partial charge < -0.3 is 9.64 Å². The van der Waals surface area contributed by atoms with E-state index in [2.05, 4.69) is 0 Å². The largest absolute Gasteiger partial charge is 0.443 e. The van der Waals surface area contributed by atoms with Crippen molar-refractivity contribution < 1.29 is 35.9 Å². The Morgan fingerprint density at radius 1 is 1.23 bits per heavy atom. The average molecular weight is 604 g/mol. The Kier molecular flexibility index (Phi) is 8.51. The summed E-state index contributed by atoms with van der Waals surface area (Å²) in [4.78, 5) is 28.6. The lowest BCUT2D eigenvalue weighted by Crippen LogP contribution is -2.56. The van der Waals surface area contributed by atoms with Gasteiger partial charge in [-0.15, -0.1) is 0 Å². The van der Waals surface area contributed by atoms with Crippen molar-refractivity contribution >= 4 is 45.2 Å². The highest BCUT2D eigenvalue weighted by Crippen LogP contribution is 2.40. The smallest absolute Gasteiger partial charge is 0.425 e. The fourth-order valence-electron chi connectivity index (χ4n) is 4.82. The molecule has 1 aromatic rings. The third-order valence-corrected chi connectivity index (χ3v) is 9.05. The predicted molar refractivity (Wildman–Crippen MR) is 144 cm³/mol. The first-order chi connectivity index (χ1) is 18.3. The molecule has 0 spiro atoms. The van der Waals surface area contributed by atoms with Crippen LogP contribution in [-0.2, 0) is 25.9 Å². The maximum Gasteiger partial charge on any atom is 0.425 e. The number of anilines is 1. The number of benzene rings is 1. The van der Waals surface area contributed by atoms with E-state index in [1.165, 1.54) is 23.4 Å². The number of carbonyl (C=O) groups excluding carboxylic acids is 2. The fourth-order valence-corrected chi connectivity index (χ4v) is 6.89. The van der Waals surface area contributed by atoms with E-state index in [-0.39, 0.29) is 43.3 Å². The zero-order chi connectivity index (χ0) is 30.4. The summed E-state index contributed by atoms with van der Waals surface area (Å²) in [7, 11) is -4.19. The molecule has 2 aliphatic heterocycles. The van der Waals surface area contributed by atoms with Gasteiger partial charge in [0.2, 0.25) is 0 Å². The highest BCUT2D eigenvalue weighted by molar-refractivity contribution is 7.87. The van der Waals surface area contributed by atoms with E-state index in [0.717, 1.165) is 17.0 Å². The lowest BCUT2D eigenvalue weighted by Gasteiger charge is -2.42. The number of carbonyl (C=O) groups is 2. The van der Waals surface area contributed by atoms with Crippen LogP contribution in [0.1, 0.15) is 65.5 Å². The van der Waals surface area contributed by atoms with Gasteiger partial charge >= 0.3 is 22.5 Å². The second-order valence-corrected chi connectivity index (χ2v) is 13.2. The minimum absolute atomic E-state index is 0.0157. The van der Waals surface area contributed by atoms with Crippen molar-refractivity contribution in [3.05, 3.63) is 29.3 Å². The monoisotopic (exact) mass is 603 g/mol. The number of alkyl halides is 3. The van der Waals surface area contributed by atoms with Crippen LogP contribution >= 0.6 is 12.2 Å². The summed E-state index contributed by atoms with van der Waals surface area (Å²) in [6.45, 7) is 9.51. The Bertz CT molecular complexity index is 1340. The van der Waals surface area contributed by atoms with Gasteiger partial charge in [0.1, 0.15) is 11.1 Å². The first kappa shape index (κ1) is 31.6. The van der Waals surface area contributed by atoms with Crippen LogP contribution in [0.3, 0.4) is 0 Å². The molecule has 0 aliphatic carbocycles. The van der Waals surface area contributed by atoms with Crippen molar-refractivity contribution in [3.63, 3.8) is 0 Å². The van der Waals surface area contributed by atoms with Gasteiger partial charge in [0, 0.05) is 25.7 Å². The second kappa shape index (κ2) is 10.8. The lowest BCUT2D eigenvalue weighted by atomic mass is 9.97. The number of ether oxygens (including phenoxy) is 1. The van der Waals surface area contributed by atoms with Gasteiger partial charge in [0.25, 0.3) is 5.91 Å². The van der Waals surface area contributed by atoms with Crippen LogP contribution in [0.4, 0.5) is 23.7 Å². The van der Waals surface area contributed by atoms with Crippen LogP contribution < -0.4 is 4.90 Å². The number of piperidine rings is 1. The number of nitriles is 1. The minimum Gasteiger partial charge on any atom is -0.443 e. The summed E-state index contributed by atoms with van der Waals surface area (Å²) in [5.74, 6) is -0.549. The van der Waals surface area contributed by atoms with Crippen molar-refractivity contribution in [2.45, 2.75) is 77.7 Å². The number of amides is 2. The van der Waals surface area contributed by atoms with E-state index in [4.69, 9.17) is 22.2 Å². The molecular weight excluding hydrogens is 571 g/mol. The molecule has 2 heterocycles. The number of nitrogens with zero attached hydrogens (tertiary/aromatic N) is 5. The highest BCUT2D eigenvalue weighted by atomic mass is 32.2. The summed E-state index contributed by atoms with van der Waals surface area (Å²) in [5.41, 5.74) is -4.00. The topological polar surface area (TPSA) is 114 Å². The van der Waals surface area contributed by atoms with Crippen LogP contribution in [0, 0.1) is 11.3 Å². The molecule has 3 rings (SSSR count). The van der Waals surface area contributed by atoms with Crippen LogP contribution in [0.15, 0.2) is 18.2 Å². The van der Waals surface area contributed by atoms with Crippen molar-refractivity contribution in [2.24, 2.45) is 0 Å². The van der Waals surface area contributed by atoms with E-state index in [1.54, 1.807) is 39.5 Å². The lowest BCUT2D eigenvalue weighted by molar-refractivity contribution is -0.137. The van der Waals surface area contributed by atoms with Gasteiger partial charge in [-0.25, -0.2) is 4.79 Å². The van der Waals surface area contributed by atoms with Crippen molar-refractivity contribution in [3.8, 4) is 6.07 Å². The Morgan fingerprint density at radius 3 is 2.27 bits per heavy atom. The van der Waals surface area contributed by atoms with Gasteiger partial charge in [0.15, 0.2) is 5.11 Å². The van der Waals surface area contributed by atoms with E-state index < -0.39 is 56.7 Å². The van der Waals surface area contributed by atoms with Gasteiger partial charge in [-0.2, -0.15) is 35.5 Å². The summed E-state index contributed by atoms with van der Waals surface area (Å²) >= 11 is 5.58. The van der Waals surface area contributed by atoms with Crippen LogP contribution in [0.5, 0.6) is 0 Å². The number of rotatable bonds is 5. The number of hydrogen-bond acceptors (Lipinski definition) is 7. The summed E-state index contributed by atoms with van der Waals surface area (Å²) in [5, 5.41) is 9.09. The maximum absolute atomic E-state index is 13.6. The molecule has 40 heavy (non-hydrogen) atoms. The van der Waals surface area contributed by atoms with Gasteiger partial charge in [0.05, 0.1) is 22.9 Å². The molecule has 0 radical (unpaired) electrons. The molecule has 2 aliphatic rings. The molecule has 0 N–H and O–H groups in total. The molecule has 1 aromatic carbocycles. The van der Waals surface area contributed by atoms with Crippen LogP contribution in [-0.4, -0.2) is 75.9 Å². The molecule has 10 nitrogen and oxygen atoms in total. The van der Waals surface area contributed by atoms with E-state index >= 15 is 0 Å². The van der Waals surface area contributed by atoms with Crippen molar-refractivity contribution in [1.82, 2.24) is 13.5 Å². The molecule has 220 valence electrons. The number of thiocarbonyl (C=S) groups is 1. The quantitative estimate of drug-likeness (QED) is 0.459. The molecule has 0 bridgehead atoms. The molecule has 2 fully saturated rings. The van der Waals surface area contributed by atoms with Crippen LogP contribution in [0.25, 0.3) is 0 Å². The zero-order valence-electron chi connectivity index (χ0n) is 23.1. The second-order valence-electron chi connectivity index (χ2n) is 11.0. The molecule has 15 heteroatoms. The van der Waals surface area contributed by atoms with Gasteiger partial charge in [-0.05, 0) is 84.8 Å². The molecular formula is C25H32F3N5O5S2. The Balaban J connectivity index is 1.84. The number of hydrogen-bond donors (Lipinski definition) is 0. The molecule has 0 unspecified atom stereocenters. The van der Waals surface area contributed by atoms with Crippen molar-refractivity contribution in [2.75, 3.05) is 24.5 Å². The molecule has 0 atom stereocenters. The SMILES string of the molecule is CCN(C(=O)OC(C)(C)C)S(=O)(=O)N1CCC(N2C(=S)N(c3ccc(C#N)c(C(F)(F)F)c3)C(=O)C2(C)C)CC1. The molecule has 2 amide bonds. The van der Waals surface area contributed by atoms with E-state index in [9.17, 15) is 31.2 Å². The normalized spacial score (nSPS) is 19.1. The van der Waals surface area contributed by atoms with E-state index in [0.29, 0.717) is 4.31 Å². The summed E-state index contributed by atoms with van der Waals surface area (Å²) in [6, 6.07) is 4.08. The average Bonchev–Trinajstić information content (AvgIpc) is 3.00. The zero-order valence-corrected chi connectivity index (χ0v) is 24.7. The Hall–Kier alpha value is -2.96. The Morgan fingerprint density at radius 2 is 1.80 bits per heavy atom. The first-order valence-electron chi connectivity index (χ1n) is 12.6. The predicted octanol–water partition coefficient (Wildman–Crippen LogP) is 4.26. The van der Waals surface area contributed by atoms with Gasteiger partial charge in [-0.1, -0.05) is 0 Å². The summed E-state index contributed by atoms with van der Waals surface area (Å²) in [6.07, 6.45) is -5.31. The maximum atomic E-state index is 13.6. The first-order valence-corrected chi connectivity index (χ1v) is 14.4.